The zero-order valence-electron chi connectivity index (χ0n) is 12.2. The van der Waals surface area contributed by atoms with Gasteiger partial charge in [0.15, 0.2) is 5.78 Å². The maximum Gasteiger partial charge on any atom is 0.308 e. The molecule has 120 valence electrons. The number of nitrogens with one attached hydrogen (secondary N) is 1. The number of ketones is 1. The van der Waals surface area contributed by atoms with E-state index in [1.54, 1.807) is 41.1 Å². The number of esters is 1. The number of carbonyl (C=O) groups excluding carboxylic acids is 3. The van der Waals surface area contributed by atoms with E-state index in [9.17, 15) is 14.4 Å². The molecule has 2 rings (SSSR count). The van der Waals surface area contributed by atoms with Gasteiger partial charge in [-0.1, -0.05) is 11.6 Å². The van der Waals surface area contributed by atoms with Gasteiger partial charge < -0.3 is 10.1 Å². The van der Waals surface area contributed by atoms with Crippen LogP contribution in [0.25, 0.3) is 0 Å². The highest BCUT2D eigenvalue weighted by Gasteiger charge is 2.26. The Morgan fingerprint density at radius 1 is 1.17 bits per heavy atom. The van der Waals surface area contributed by atoms with Gasteiger partial charge in [0.2, 0.25) is 0 Å². The number of amides is 1. The van der Waals surface area contributed by atoms with Crippen LogP contribution in [-0.2, 0) is 9.53 Å². The van der Waals surface area contributed by atoms with Crippen molar-refractivity contribution in [2.45, 2.75) is 12.5 Å². The molecule has 0 aliphatic heterocycles. The Balaban J connectivity index is 2.16. The van der Waals surface area contributed by atoms with Crippen LogP contribution in [-0.4, -0.2) is 30.8 Å². The summed E-state index contributed by atoms with van der Waals surface area (Å²) in [5, 5.41) is 6.50. The molecule has 2 aromatic rings. The van der Waals surface area contributed by atoms with Crippen molar-refractivity contribution in [3.8, 4) is 0 Å². The molecular weight excluding hydrogens is 338 g/mol. The topological polar surface area (TPSA) is 72.5 Å². The molecule has 0 saturated heterocycles. The van der Waals surface area contributed by atoms with Crippen molar-refractivity contribution in [1.82, 2.24) is 5.32 Å². The zero-order valence-corrected chi connectivity index (χ0v) is 13.8. The lowest BCUT2D eigenvalue weighted by molar-refractivity contribution is -0.140. The summed E-state index contributed by atoms with van der Waals surface area (Å²) in [7, 11) is 1.23. The Hall–Kier alpha value is -2.18. The number of rotatable bonds is 6. The number of carbonyl (C=O) groups is 3. The maximum absolute atomic E-state index is 12.4. The number of ether oxygens (including phenoxy) is 1. The zero-order chi connectivity index (χ0) is 16.8. The number of Topliss-reactive ketones (excluding diaryl/α,β-unsaturated/α-hetero) is 1. The number of hydrogen-bond acceptors (Lipinski definition) is 5. The van der Waals surface area contributed by atoms with E-state index in [1.165, 1.54) is 18.4 Å². The Morgan fingerprint density at radius 2 is 1.87 bits per heavy atom. The second-order valence-corrected chi connectivity index (χ2v) is 5.91. The van der Waals surface area contributed by atoms with Crippen molar-refractivity contribution >= 4 is 40.6 Å². The molecule has 1 atom stereocenters. The summed E-state index contributed by atoms with van der Waals surface area (Å²) < 4.78 is 4.59. The third-order valence-electron chi connectivity index (χ3n) is 3.13. The molecular formula is C16H14ClNO4S. The largest absolute Gasteiger partial charge is 0.469 e. The van der Waals surface area contributed by atoms with Crippen LogP contribution >= 0.6 is 22.9 Å². The Kier molecular flexibility index (Phi) is 5.90. The summed E-state index contributed by atoms with van der Waals surface area (Å²) in [6.07, 6.45) is -0.232. The van der Waals surface area contributed by atoms with Crippen LogP contribution in [0.5, 0.6) is 0 Å². The van der Waals surface area contributed by atoms with Crippen molar-refractivity contribution < 1.29 is 19.1 Å². The molecule has 1 N–H and O–H groups in total. The minimum absolute atomic E-state index is 0.232. The monoisotopic (exact) mass is 351 g/mol. The Labute approximate surface area is 142 Å². The van der Waals surface area contributed by atoms with Crippen molar-refractivity contribution in [2.75, 3.05) is 7.11 Å². The predicted octanol–water partition coefficient (Wildman–Crippen LogP) is 2.95. The quantitative estimate of drug-likeness (QED) is 0.641. The van der Waals surface area contributed by atoms with Gasteiger partial charge in [-0.2, -0.15) is 11.3 Å². The van der Waals surface area contributed by atoms with Crippen LogP contribution in [0, 0.1) is 0 Å². The van der Waals surface area contributed by atoms with Crippen LogP contribution in [0.4, 0.5) is 0 Å². The predicted molar refractivity (Wildman–Crippen MR) is 88.0 cm³/mol. The average Bonchev–Trinajstić information content (AvgIpc) is 3.08. The molecule has 1 amide bonds. The van der Waals surface area contributed by atoms with Gasteiger partial charge in [0, 0.05) is 21.5 Å². The highest BCUT2D eigenvalue weighted by atomic mass is 35.5. The number of halogens is 1. The van der Waals surface area contributed by atoms with E-state index in [0.29, 0.717) is 16.1 Å². The lowest BCUT2D eigenvalue weighted by atomic mass is 10.0. The average molecular weight is 352 g/mol. The molecule has 0 aliphatic rings. The fourth-order valence-corrected chi connectivity index (χ4v) is 2.68. The number of hydrogen-bond donors (Lipinski definition) is 1. The molecule has 1 aromatic heterocycles. The van der Waals surface area contributed by atoms with E-state index in [-0.39, 0.29) is 12.2 Å². The van der Waals surface area contributed by atoms with Crippen molar-refractivity contribution in [1.29, 1.82) is 0 Å². The van der Waals surface area contributed by atoms with Gasteiger partial charge in [-0.25, -0.2) is 0 Å². The first-order chi connectivity index (χ1) is 11.0. The molecule has 0 aliphatic carbocycles. The van der Waals surface area contributed by atoms with E-state index in [0.717, 1.165) is 0 Å². The van der Waals surface area contributed by atoms with Crippen LogP contribution in [0.3, 0.4) is 0 Å². The van der Waals surface area contributed by atoms with E-state index in [4.69, 9.17) is 11.6 Å². The van der Waals surface area contributed by atoms with E-state index in [1.807, 2.05) is 0 Å². The van der Waals surface area contributed by atoms with Crippen LogP contribution < -0.4 is 5.32 Å². The van der Waals surface area contributed by atoms with E-state index < -0.39 is 17.9 Å². The third kappa shape index (κ3) is 4.64. The molecule has 0 saturated carbocycles. The molecule has 0 bridgehead atoms. The van der Waals surface area contributed by atoms with Gasteiger partial charge in [0.05, 0.1) is 13.5 Å². The van der Waals surface area contributed by atoms with Crippen molar-refractivity contribution in [2.24, 2.45) is 0 Å². The highest BCUT2D eigenvalue weighted by molar-refractivity contribution is 7.08. The summed E-state index contributed by atoms with van der Waals surface area (Å²) in [6.45, 7) is 0. The minimum Gasteiger partial charge on any atom is -0.469 e. The molecule has 0 fully saturated rings. The molecule has 0 radical (unpaired) electrons. The van der Waals surface area contributed by atoms with Crippen LogP contribution in [0.1, 0.15) is 27.1 Å². The van der Waals surface area contributed by atoms with Gasteiger partial charge in [0.25, 0.3) is 5.91 Å². The number of benzene rings is 1. The fraction of sp³-hybridized carbons (Fsp3) is 0.188. The fourth-order valence-electron chi connectivity index (χ4n) is 1.91. The normalized spacial score (nSPS) is 11.6. The van der Waals surface area contributed by atoms with Crippen LogP contribution in [0.2, 0.25) is 5.02 Å². The number of methoxy groups -OCH3 is 1. The minimum atomic E-state index is -0.986. The first-order valence-corrected chi connectivity index (χ1v) is 8.03. The van der Waals surface area contributed by atoms with Gasteiger partial charge in [0.1, 0.15) is 6.04 Å². The molecule has 1 aromatic carbocycles. The second kappa shape index (κ2) is 7.89. The van der Waals surface area contributed by atoms with Gasteiger partial charge in [-0.3, -0.25) is 14.4 Å². The third-order valence-corrected chi connectivity index (χ3v) is 4.07. The summed E-state index contributed by atoms with van der Waals surface area (Å²) >= 11 is 7.14. The van der Waals surface area contributed by atoms with E-state index >= 15 is 0 Å². The van der Waals surface area contributed by atoms with Crippen LogP contribution in [0.15, 0.2) is 41.1 Å². The summed E-state index contributed by atoms with van der Waals surface area (Å²) in [4.78, 5) is 36.2. The van der Waals surface area contributed by atoms with E-state index in [2.05, 4.69) is 10.1 Å². The molecule has 23 heavy (non-hydrogen) atoms. The molecule has 5 nitrogen and oxygen atoms in total. The second-order valence-electron chi connectivity index (χ2n) is 4.69. The standard InChI is InChI=1S/C16H14ClNO4S/c1-22-14(19)8-13(15(20)11-6-7-23-9-11)18-16(21)10-2-4-12(17)5-3-10/h2-7,9,13H,8H2,1H3,(H,18,21). The molecule has 1 unspecified atom stereocenters. The SMILES string of the molecule is COC(=O)CC(NC(=O)c1ccc(Cl)cc1)C(=O)c1ccsc1. The lowest BCUT2D eigenvalue weighted by Crippen LogP contribution is -2.42. The highest BCUT2D eigenvalue weighted by Crippen LogP contribution is 2.13. The van der Waals surface area contributed by atoms with Gasteiger partial charge >= 0.3 is 5.97 Å². The Morgan fingerprint density at radius 3 is 2.43 bits per heavy atom. The number of thiophene rings is 1. The summed E-state index contributed by atoms with van der Waals surface area (Å²) in [6, 6.07) is 6.90. The summed E-state index contributed by atoms with van der Waals surface area (Å²) in [5.41, 5.74) is 0.794. The first kappa shape index (κ1) is 17.2. The van der Waals surface area contributed by atoms with Crippen molar-refractivity contribution in [3.05, 3.63) is 57.2 Å². The lowest BCUT2D eigenvalue weighted by Gasteiger charge is -2.16. The summed E-state index contributed by atoms with van der Waals surface area (Å²) in [5.74, 6) is -1.37. The van der Waals surface area contributed by atoms with Gasteiger partial charge in [-0.15, -0.1) is 0 Å². The molecule has 1 heterocycles. The maximum atomic E-state index is 12.4. The molecule has 0 spiro atoms. The first-order valence-electron chi connectivity index (χ1n) is 6.71. The molecule has 7 heteroatoms. The Bertz CT molecular complexity index is 697. The van der Waals surface area contributed by atoms with Crippen molar-refractivity contribution in [3.63, 3.8) is 0 Å². The smallest absolute Gasteiger partial charge is 0.308 e. The van der Waals surface area contributed by atoms with Gasteiger partial charge in [-0.05, 0) is 35.7 Å².